The van der Waals surface area contributed by atoms with Crippen molar-refractivity contribution in [2.75, 3.05) is 31.1 Å². The molecule has 0 N–H and O–H groups in total. The normalized spacial score (nSPS) is 15.0. The molecule has 2 aromatic heterocycles. The maximum absolute atomic E-state index is 15.0. The van der Waals surface area contributed by atoms with Crippen LogP contribution in [0.2, 0.25) is 0 Å². The molecule has 0 saturated carbocycles. The van der Waals surface area contributed by atoms with Crippen LogP contribution in [0.3, 0.4) is 0 Å². The quantitative estimate of drug-likeness (QED) is 0.514. The lowest BCUT2D eigenvalue weighted by Crippen LogP contribution is -2.50. The second kappa shape index (κ2) is 7.86. The summed E-state index contributed by atoms with van der Waals surface area (Å²) in [6, 6.07) is 8.76. The highest BCUT2D eigenvalue weighted by atomic mass is 79.9. The monoisotopic (exact) mass is 475 g/mol. The van der Waals surface area contributed by atoms with Crippen LogP contribution in [0.1, 0.15) is 20.8 Å². The topological polar surface area (TPSA) is 63.5 Å². The first-order valence-electron chi connectivity index (χ1n) is 9.74. The molecule has 3 aromatic rings. The number of hydrogen-bond acceptors (Lipinski definition) is 5. The molecule has 7 nitrogen and oxygen atoms in total. The van der Waals surface area contributed by atoms with Gasteiger partial charge in [-0.2, -0.15) is 0 Å². The largest absolute Gasteiger partial charge is 0.444 e. The Morgan fingerprint density at radius 2 is 1.87 bits per heavy atom. The van der Waals surface area contributed by atoms with Crippen LogP contribution in [0, 0.1) is 5.82 Å². The Hall–Kier alpha value is -2.68. The number of carbonyl (C=O) groups is 1. The van der Waals surface area contributed by atoms with Gasteiger partial charge in [-0.25, -0.2) is 19.2 Å². The van der Waals surface area contributed by atoms with Gasteiger partial charge in [-0.05, 0) is 67.0 Å². The molecule has 0 atom stereocenters. The van der Waals surface area contributed by atoms with E-state index in [0.29, 0.717) is 47.6 Å². The molecule has 158 valence electrons. The van der Waals surface area contributed by atoms with E-state index in [2.05, 4.69) is 30.8 Å². The van der Waals surface area contributed by atoms with Crippen molar-refractivity contribution in [3.05, 3.63) is 47.1 Å². The highest BCUT2D eigenvalue weighted by Crippen LogP contribution is 2.25. The van der Waals surface area contributed by atoms with Crippen LogP contribution < -0.4 is 4.90 Å². The number of benzene rings is 1. The molecule has 1 amide bonds. The van der Waals surface area contributed by atoms with Gasteiger partial charge >= 0.3 is 6.09 Å². The van der Waals surface area contributed by atoms with Crippen LogP contribution in [0.15, 0.2) is 41.3 Å². The smallest absolute Gasteiger partial charge is 0.410 e. The van der Waals surface area contributed by atoms with Gasteiger partial charge in [-0.1, -0.05) is 0 Å². The number of nitrogens with zero attached hydrogens (tertiary/aromatic N) is 5. The first-order valence-corrected chi connectivity index (χ1v) is 10.5. The van der Waals surface area contributed by atoms with Gasteiger partial charge < -0.3 is 14.5 Å². The minimum atomic E-state index is -0.519. The van der Waals surface area contributed by atoms with E-state index < -0.39 is 5.60 Å². The third-order valence-electron chi connectivity index (χ3n) is 4.85. The molecule has 0 aliphatic carbocycles. The fourth-order valence-electron chi connectivity index (χ4n) is 3.41. The number of anilines is 1. The molecule has 0 radical (unpaired) electrons. The SMILES string of the molecule is CC(C)(C)OC(=O)N1CCN(c2ccc(-n3cnc4ccc(Br)nc43)c(F)c2)CC1. The highest BCUT2D eigenvalue weighted by molar-refractivity contribution is 9.10. The van der Waals surface area contributed by atoms with Gasteiger partial charge in [0.2, 0.25) is 0 Å². The lowest BCUT2D eigenvalue weighted by Gasteiger charge is -2.36. The molecule has 9 heteroatoms. The molecule has 0 bridgehead atoms. The number of hydrogen-bond donors (Lipinski definition) is 0. The van der Waals surface area contributed by atoms with Crippen molar-refractivity contribution in [2.45, 2.75) is 26.4 Å². The molecule has 0 unspecified atom stereocenters. The minimum Gasteiger partial charge on any atom is -0.444 e. The summed E-state index contributed by atoms with van der Waals surface area (Å²) in [6.45, 7) is 7.83. The standard InChI is InChI=1S/C21H23BrFN5O2/c1-21(2,3)30-20(29)27-10-8-26(9-11-27)14-4-6-17(15(23)12-14)28-13-24-16-5-7-18(22)25-19(16)28/h4-7,12-13H,8-11H2,1-3H3. The fourth-order valence-corrected chi connectivity index (χ4v) is 3.71. The number of pyridine rings is 1. The zero-order valence-corrected chi connectivity index (χ0v) is 18.7. The van der Waals surface area contributed by atoms with E-state index in [-0.39, 0.29) is 11.9 Å². The van der Waals surface area contributed by atoms with Crippen molar-refractivity contribution < 1.29 is 13.9 Å². The van der Waals surface area contributed by atoms with Crippen molar-refractivity contribution in [3.63, 3.8) is 0 Å². The summed E-state index contributed by atoms with van der Waals surface area (Å²) in [5.41, 5.74) is 1.93. The van der Waals surface area contributed by atoms with Crippen LogP contribution in [0.5, 0.6) is 0 Å². The Morgan fingerprint density at radius 1 is 1.13 bits per heavy atom. The molecule has 1 aliphatic rings. The Morgan fingerprint density at radius 3 is 2.53 bits per heavy atom. The van der Waals surface area contributed by atoms with E-state index >= 15 is 0 Å². The molecule has 1 aliphatic heterocycles. The summed E-state index contributed by atoms with van der Waals surface area (Å²) in [7, 11) is 0. The Kier molecular flexibility index (Phi) is 5.40. The summed E-state index contributed by atoms with van der Waals surface area (Å²) >= 11 is 3.35. The van der Waals surface area contributed by atoms with Crippen molar-refractivity contribution in [1.29, 1.82) is 0 Å². The maximum atomic E-state index is 15.0. The van der Waals surface area contributed by atoms with Gasteiger partial charge in [0.25, 0.3) is 0 Å². The van der Waals surface area contributed by atoms with Crippen LogP contribution in [0.4, 0.5) is 14.9 Å². The predicted octanol–water partition coefficient (Wildman–Crippen LogP) is 4.38. The number of carbonyl (C=O) groups excluding carboxylic acids is 1. The molecule has 0 spiro atoms. The number of aromatic nitrogens is 3. The number of imidazole rings is 1. The van der Waals surface area contributed by atoms with E-state index in [1.165, 1.54) is 6.07 Å². The number of halogens is 2. The lowest BCUT2D eigenvalue weighted by atomic mass is 10.2. The zero-order chi connectivity index (χ0) is 21.5. The summed E-state index contributed by atoms with van der Waals surface area (Å²) in [5.74, 6) is -0.358. The second-order valence-electron chi connectivity index (χ2n) is 8.18. The third kappa shape index (κ3) is 4.26. The number of rotatable bonds is 2. The highest BCUT2D eigenvalue weighted by Gasteiger charge is 2.26. The number of ether oxygens (including phenoxy) is 1. The summed E-state index contributed by atoms with van der Waals surface area (Å²) < 4.78 is 22.7. The van der Waals surface area contributed by atoms with E-state index in [4.69, 9.17) is 4.74 Å². The minimum absolute atomic E-state index is 0.311. The average molecular weight is 476 g/mol. The Labute approximate surface area is 182 Å². The van der Waals surface area contributed by atoms with E-state index in [1.807, 2.05) is 32.9 Å². The van der Waals surface area contributed by atoms with Gasteiger partial charge in [0.1, 0.15) is 27.9 Å². The van der Waals surface area contributed by atoms with E-state index in [1.54, 1.807) is 27.9 Å². The second-order valence-corrected chi connectivity index (χ2v) is 8.99. The Bertz CT molecular complexity index is 1090. The van der Waals surface area contributed by atoms with Gasteiger partial charge in [0.15, 0.2) is 5.65 Å². The zero-order valence-electron chi connectivity index (χ0n) is 17.1. The average Bonchev–Trinajstić information content (AvgIpc) is 3.09. The summed E-state index contributed by atoms with van der Waals surface area (Å²) in [4.78, 5) is 24.7. The van der Waals surface area contributed by atoms with E-state index in [9.17, 15) is 9.18 Å². The molecule has 1 saturated heterocycles. The molecular weight excluding hydrogens is 453 g/mol. The first-order chi connectivity index (χ1) is 14.2. The molecule has 1 fully saturated rings. The van der Waals surface area contributed by atoms with Gasteiger partial charge in [0, 0.05) is 31.9 Å². The molecular formula is C21H23BrFN5O2. The van der Waals surface area contributed by atoms with E-state index in [0.717, 1.165) is 5.69 Å². The number of fused-ring (bicyclic) bond motifs is 1. The number of piperazine rings is 1. The molecule has 30 heavy (non-hydrogen) atoms. The van der Waals surface area contributed by atoms with Crippen LogP contribution in [0.25, 0.3) is 16.9 Å². The van der Waals surface area contributed by atoms with Crippen molar-refractivity contribution in [1.82, 2.24) is 19.4 Å². The molecule has 4 rings (SSSR count). The van der Waals surface area contributed by atoms with Crippen LogP contribution >= 0.6 is 15.9 Å². The summed E-state index contributed by atoms with van der Waals surface area (Å²) in [6.07, 6.45) is 1.26. The molecule has 3 heterocycles. The maximum Gasteiger partial charge on any atom is 0.410 e. The van der Waals surface area contributed by atoms with Crippen LogP contribution in [-0.4, -0.2) is 57.3 Å². The predicted molar refractivity (Wildman–Crippen MR) is 117 cm³/mol. The fraction of sp³-hybridized carbons (Fsp3) is 0.381. The third-order valence-corrected chi connectivity index (χ3v) is 5.29. The first kappa shape index (κ1) is 20.6. The van der Waals surface area contributed by atoms with Gasteiger partial charge in [-0.3, -0.25) is 4.57 Å². The van der Waals surface area contributed by atoms with Gasteiger partial charge in [0.05, 0.1) is 5.69 Å². The molecule has 1 aromatic carbocycles. The van der Waals surface area contributed by atoms with Gasteiger partial charge in [-0.15, -0.1) is 0 Å². The Balaban J connectivity index is 1.49. The summed E-state index contributed by atoms with van der Waals surface area (Å²) in [5, 5.41) is 0. The lowest BCUT2D eigenvalue weighted by molar-refractivity contribution is 0.0240. The van der Waals surface area contributed by atoms with Crippen molar-refractivity contribution >= 4 is 38.9 Å². The van der Waals surface area contributed by atoms with Crippen molar-refractivity contribution in [3.8, 4) is 5.69 Å². The van der Waals surface area contributed by atoms with Crippen LogP contribution in [-0.2, 0) is 4.74 Å². The number of amides is 1. The van der Waals surface area contributed by atoms with Crippen molar-refractivity contribution in [2.24, 2.45) is 0 Å².